The average molecular weight is 338 g/mol. The van der Waals surface area contributed by atoms with Gasteiger partial charge in [-0.2, -0.15) is 0 Å². The first kappa shape index (κ1) is 18.2. The normalized spacial score (nSPS) is 30.2. The van der Waals surface area contributed by atoms with Gasteiger partial charge in [0.05, 0.1) is 19.1 Å². The van der Waals surface area contributed by atoms with Crippen molar-refractivity contribution in [2.24, 2.45) is 17.8 Å². The molecule has 0 spiro atoms. The summed E-state index contributed by atoms with van der Waals surface area (Å²) in [5.74, 6) is 1.91. The van der Waals surface area contributed by atoms with Gasteiger partial charge in [0.1, 0.15) is 0 Å². The molecule has 0 bridgehead atoms. The number of nitrogens with zero attached hydrogens (tertiary/aromatic N) is 3. The lowest BCUT2D eigenvalue weighted by atomic mass is 9.87. The predicted octanol–water partition coefficient (Wildman–Crippen LogP) is 1.54. The van der Waals surface area contributed by atoms with Gasteiger partial charge in [0.2, 0.25) is 5.91 Å². The number of likely N-dealkylation sites (tertiary alicyclic amines) is 2. The quantitative estimate of drug-likeness (QED) is 0.762. The first-order valence-corrected chi connectivity index (χ1v) is 9.93. The first-order chi connectivity index (χ1) is 11.6. The number of rotatable bonds is 5. The van der Waals surface area contributed by atoms with E-state index in [1.807, 2.05) is 0 Å². The van der Waals surface area contributed by atoms with E-state index in [2.05, 4.69) is 28.5 Å². The number of carbonyl (C=O) groups is 1. The predicted molar refractivity (Wildman–Crippen MR) is 95.9 cm³/mol. The van der Waals surface area contributed by atoms with Crippen LogP contribution in [0.15, 0.2) is 0 Å². The van der Waals surface area contributed by atoms with Gasteiger partial charge in [-0.1, -0.05) is 13.8 Å². The highest BCUT2D eigenvalue weighted by Crippen LogP contribution is 2.26. The Morgan fingerprint density at radius 2 is 1.75 bits per heavy atom. The monoisotopic (exact) mass is 337 g/mol. The number of amides is 1. The molecule has 0 aliphatic carbocycles. The standard InChI is InChI=1S/C19H35N3O2/c1-16(2)12-21-14-17(13-20-7-9-24-10-8-20)11-18(15-21)19(23)22-5-3-4-6-22/h16-18H,3-15H2,1-2H3/t17-,18-/m1/s1. The van der Waals surface area contributed by atoms with Crippen LogP contribution in [0.25, 0.3) is 0 Å². The third-order valence-corrected chi connectivity index (χ3v) is 5.62. The fraction of sp³-hybridized carbons (Fsp3) is 0.947. The van der Waals surface area contributed by atoms with Crippen LogP contribution in [0.4, 0.5) is 0 Å². The molecule has 0 aromatic carbocycles. The van der Waals surface area contributed by atoms with Crippen LogP contribution in [-0.2, 0) is 9.53 Å². The van der Waals surface area contributed by atoms with E-state index < -0.39 is 0 Å². The van der Waals surface area contributed by atoms with Crippen LogP contribution in [0.5, 0.6) is 0 Å². The second-order valence-corrected chi connectivity index (χ2v) is 8.36. The molecule has 24 heavy (non-hydrogen) atoms. The molecule has 2 atom stereocenters. The van der Waals surface area contributed by atoms with Crippen LogP contribution >= 0.6 is 0 Å². The van der Waals surface area contributed by atoms with Crippen molar-refractivity contribution in [2.45, 2.75) is 33.1 Å². The summed E-state index contributed by atoms with van der Waals surface area (Å²) in [7, 11) is 0. The Kier molecular flexibility index (Phi) is 6.53. The lowest BCUT2D eigenvalue weighted by molar-refractivity contribution is -0.137. The zero-order valence-electron chi connectivity index (χ0n) is 15.6. The Morgan fingerprint density at radius 3 is 2.42 bits per heavy atom. The maximum absolute atomic E-state index is 12.9. The minimum absolute atomic E-state index is 0.210. The van der Waals surface area contributed by atoms with Crippen molar-refractivity contribution in [1.82, 2.24) is 14.7 Å². The van der Waals surface area contributed by atoms with Crippen molar-refractivity contribution < 1.29 is 9.53 Å². The molecule has 3 aliphatic rings. The fourth-order valence-corrected chi connectivity index (χ4v) is 4.62. The Balaban J connectivity index is 1.60. The summed E-state index contributed by atoms with van der Waals surface area (Å²) in [5, 5.41) is 0. The van der Waals surface area contributed by atoms with Gasteiger partial charge < -0.3 is 14.5 Å². The molecule has 0 radical (unpaired) electrons. The highest BCUT2D eigenvalue weighted by Gasteiger charge is 2.35. The Hall–Kier alpha value is -0.650. The van der Waals surface area contributed by atoms with Gasteiger partial charge in [0.15, 0.2) is 0 Å². The van der Waals surface area contributed by atoms with Gasteiger partial charge in [-0.3, -0.25) is 9.69 Å². The van der Waals surface area contributed by atoms with Crippen molar-refractivity contribution in [2.75, 3.05) is 65.6 Å². The lowest BCUT2D eigenvalue weighted by Gasteiger charge is -2.41. The van der Waals surface area contributed by atoms with Gasteiger partial charge >= 0.3 is 0 Å². The molecule has 3 saturated heterocycles. The van der Waals surface area contributed by atoms with E-state index in [0.717, 1.165) is 72.0 Å². The highest BCUT2D eigenvalue weighted by molar-refractivity contribution is 5.79. The molecule has 0 aromatic heterocycles. The summed E-state index contributed by atoms with van der Waals surface area (Å²) in [6.07, 6.45) is 3.44. The summed E-state index contributed by atoms with van der Waals surface area (Å²) in [5.41, 5.74) is 0. The Labute approximate surface area is 147 Å². The van der Waals surface area contributed by atoms with Crippen LogP contribution in [0.1, 0.15) is 33.1 Å². The second-order valence-electron chi connectivity index (χ2n) is 8.36. The minimum Gasteiger partial charge on any atom is -0.379 e. The molecule has 3 rings (SSSR count). The number of hydrogen-bond donors (Lipinski definition) is 0. The molecule has 5 heteroatoms. The Bertz CT molecular complexity index is 403. The molecule has 0 N–H and O–H groups in total. The lowest BCUT2D eigenvalue weighted by Crippen LogP contribution is -2.51. The molecule has 3 fully saturated rings. The van der Waals surface area contributed by atoms with E-state index in [9.17, 15) is 4.79 Å². The van der Waals surface area contributed by atoms with E-state index in [4.69, 9.17) is 4.74 Å². The number of hydrogen-bond acceptors (Lipinski definition) is 4. The van der Waals surface area contributed by atoms with Crippen LogP contribution < -0.4 is 0 Å². The van der Waals surface area contributed by atoms with Crippen molar-refractivity contribution in [3.8, 4) is 0 Å². The van der Waals surface area contributed by atoms with Crippen molar-refractivity contribution in [3.63, 3.8) is 0 Å². The second kappa shape index (κ2) is 8.63. The highest BCUT2D eigenvalue weighted by atomic mass is 16.5. The Morgan fingerprint density at radius 1 is 1.04 bits per heavy atom. The minimum atomic E-state index is 0.210. The molecule has 1 amide bonds. The maximum atomic E-state index is 12.9. The number of ether oxygens (including phenoxy) is 1. The van der Waals surface area contributed by atoms with E-state index in [0.29, 0.717) is 17.7 Å². The van der Waals surface area contributed by atoms with Gasteiger partial charge in [-0.05, 0) is 31.1 Å². The SMILES string of the molecule is CC(C)CN1C[C@@H](CN2CCOCC2)C[C@@H](C(=O)N2CCCC2)C1. The molecular weight excluding hydrogens is 302 g/mol. The first-order valence-electron chi connectivity index (χ1n) is 9.93. The van der Waals surface area contributed by atoms with Gasteiger partial charge in [-0.25, -0.2) is 0 Å². The number of piperidine rings is 1. The van der Waals surface area contributed by atoms with Gasteiger partial charge in [-0.15, -0.1) is 0 Å². The summed E-state index contributed by atoms with van der Waals surface area (Å²) in [4.78, 5) is 20.1. The maximum Gasteiger partial charge on any atom is 0.226 e. The van der Waals surface area contributed by atoms with Gasteiger partial charge in [0, 0.05) is 52.4 Å². The molecule has 138 valence electrons. The third-order valence-electron chi connectivity index (χ3n) is 5.62. The van der Waals surface area contributed by atoms with Gasteiger partial charge in [0.25, 0.3) is 0 Å². The average Bonchev–Trinajstić information content (AvgIpc) is 3.08. The van der Waals surface area contributed by atoms with Crippen molar-refractivity contribution in [1.29, 1.82) is 0 Å². The van der Waals surface area contributed by atoms with Crippen LogP contribution in [0.2, 0.25) is 0 Å². The third kappa shape index (κ3) is 4.93. The molecule has 0 saturated carbocycles. The van der Waals surface area contributed by atoms with E-state index >= 15 is 0 Å². The van der Waals surface area contributed by atoms with E-state index in [1.54, 1.807) is 0 Å². The van der Waals surface area contributed by atoms with E-state index in [-0.39, 0.29) is 5.92 Å². The largest absolute Gasteiger partial charge is 0.379 e. The van der Waals surface area contributed by atoms with Crippen LogP contribution in [0, 0.1) is 17.8 Å². The number of carbonyl (C=O) groups excluding carboxylic acids is 1. The topological polar surface area (TPSA) is 36.0 Å². The molecule has 5 nitrogen and oxygen atoms in total. The summed E-state index contributed by atoms with van der Waals surface area (Å²) >= 11 is 0. The molecular formula is C19H35N3O2. The van der Waals surface area contributed by atoms with Crippen LogP contribution in [-0.4, -0.2) is 86.2 Å². The van der Waals surface area contributed by atoms with Crippen LogP contribution in [0.3, 0.4) is 0 Å². The zero-order valence-corrected chi connectivity index (χ0v) is 15.6. The van der Waals surface area contributed by atoms with Crippen molar-refractivity contribution >= 4 is 5.91 Å². The molecule has 0 aromatic rings. The summed E-state index contributed by atoms with van der Waals surface area (Å²) in [6, 6.07) is 0. The zero-order chi connectivity index (χ0) is 16.9. The summed E-state index contributed by atoms with van der Waals surface area (Å²) in [6.45, 7) is 14.7. The molecule has 0 unspecified atom stereocenters. The van der Waals surface area contributed by atoms with Crippen molar-refractivity contribution in [3.05, 3.63) is 0 Å². The fourth-order valence-electron chi connectivity index (χ4n) is 4.62. The number of morpholine rings is 1. The summed E-state index contributed by atoms with van der Waals surface area (Å²) < 4.78 is 5.48. The van der Waals surface area contributed by atoms with E-state index in [1.165, 1.54) is 12.8 Å². The molecule has 3 heterocycles. The molecule has 3 aliphatic heterocycles. The smallest absolute Gasteiger partial charge is 0.226 e.